The van der Waals surface area contributed by atoms with Gasteiger partial charge in [0.15, 0.2) is 0 Å². The molecule has 0 spiro atoms. The van der Waals surface area contributed by atoms with Crippen molar-refractivity contribution < 1.29 is 4.79 Å². The summed E-state index contributed by atoms with van der Waals surface area (Å²) < 4.78 is 0. The Bertz CT molecular complexity index is 738. The van der Waals surface area contributed by atoms with Gasteiger partial charge in [0.1, 0.15) is 0 Å². The van der Waals surface area contributed by atoms with Crippen LogP contribution in [0.1, 0.15) is 41.8 Å². The summed E-state index contributed by atoms with van der Waals surface area (Å²) in [5.74, 6) is 0.809. The van der Waals surface area contributed by atoms with Crippen LogP contribution in [0.15, 0.2) is 30.3 Å². The van der Waals surface area contributed by atoms with Crippen LogP contribution >= 0.6 is 0 Å². The topological polar surface area (TPSA) is 58.1 Å². The van der Waals surface area contributed by atoms with Crippen molar-refractivity contribution in [2.45, 2.75) is 46.1 Å². The van der Waals surface area contributed by atoms with Gasteiger partial charge in [0.05, 0.1) is 18.7 Å². The lowest BCUT2D eigenvalue weighted by molar-refractivity contribution is -0.120. The van der Waals surface area contributed by atoms with Crippen LogP contribution in [-0.4, -0.2) is 29.0 Å². The average Bonchev–Trinajstić information content (AvgIpc) is 2.60. The predicted octanol–water partition coefficient (Wildman–Crippen LogP) is 2.94. The molecule has 0 atom stereocenters. The van der Waals surface area contributed by atoms with E-state index in [4.69, 9.17) is 0 Å². The van der Waals surface area contributed by atoms with Crippen molar-refractivity contribution in [3.05, 3.63) is 52.8 Å². The monoisotopic (exact) mass is 338 g/mol. The molecule has 0 saturated carbocycles. The number of piperidine rings is 1. The van der Waals surface area contributed by atoms with Gasteiger partial charge >= 0.3 is 0 Å². The number of rotatable bonds is 5. The lowest BCUT2D eigenvalue weighted by Crippen LogP contribution is -2.32. The van der Waals surface area contributed by atoms with E-state index < -0.39 is 0 Å². The highest BCUT2D eigenvalue weighted by atomic mass is 16.1. The van der Waals surface area contributed by atoms with Gasteiger partial charge in [0.2, 0.25) is 11.9 Å². The number of hydrogen-bond acceptors (Lipinski definition) is 4. The molecule has 3 rings (SSSR count). The Hall–Kier alpha value is -2.43. The van der Waals surface area contributed by atoms with Crippen LogP contribution < -0.4 is 10.2 Å². The minimum absolute atomic E-state index is 0.0152. The van der Waals surface area contributed by atoms with Crippen molar-refractivity contribution in [1.29, 1.82) is 0 Å². The zero-order chi connectivity index (χ0) is 17.6. The third-order valence-corrected chi connectivity index (χ3v) is 4.45. The minimum Gasteiger partial charge on any atom is -0.350 e. The van der Waals surface area contributed by atoms with Gasteiger partial charge in [-0.05, 0) is 44.7 Å². The largest absolute Gasteiger partial charge is 0.350 e. The van der Waals surface area contributed by atoms with E-state index >= 15 is 0 Å². The summed E-state index contributed by atoms with van der Waals surface area (Å²) in [4.78, 5) is 23.7. The van der Waals surface area contributed by atoms with Crippen LogP contribution in [0.5, 0.6) is 0 Å². The van der Waals surface area contributed by atoms with E-state index in [1.165, 1.54) is 24.8 Å². The second kappa shape index (κ2) is 8.10. The Morgan fingerprint density at radius 2 is 1.92 bits per heavy atom. The minimum atomic E-state index is 0.0152. The van der Waals surface area contributed by atoms with Crippen molar-refractivity contribution in [1.82, 2.24) is 15.3 Å². The van der Waals surface area contributed by atoms with Crippen LogP contribution in [-0.2, 0) is 17.8 Å². The van der Waals surface area contributed by atoms with E-state index in [9.17, 15) is 4.79 Å². The molecule has 25 heavy (non-hydrogen) atoms. The fraction of sp³-hybridized carbons (Fsp3) is 0.450. The molecular weight excluding hydrogens is 312 g/mol. The molecule has 2 aromatic rings. The molecule has 132 valence electrons. The van der Waals surface area contributed by atoms with Gasteiger partial charge in [-0.3, -0.25) is 4.79 Å². The number of hydrogen-bond donors (Lipinski definition) is 1. The first-order valence-electron chi connectivity index (χ1n) is 9.02. The summed E-state index contributed by atoms with van der Waals surface area (Å²) in [7, 11) is 0. The van der Waals surface area contributed by atoms with E-state index in [-0.39, 0.29) is 5.91 Å². The molecule has 1 amide bonds. The van der Waals surface area contributed by atoms with Crippen molar-refractivity contribution in [2.75, 3.05) is 18.0 Å². The lowest BCUT2D eigenvalue weighted by atomic mass is 10.1. The Labute approximate surface area is 149 Å². The van der Waals surface area contributed by atoms with Gasteiger partial charge in [-0.1, -0.05) is 29.8 Å². The fourth-order valence-corrected chi connectivity index (χ4v) is 3.20. The molecule has 1 fully saturated rings. The van der Waals surface area contributed by atoms with Crippen molar-refractivity contribution in [3.8, 4) is 0 Å². The molecule has 0 radical (unpaired) electrons. The van der Waals surface area contributed by atoms with Crippen molar-refractivity contribution >= 4 is 11.9 Å². The van der Waals surface area contributed by atoms with Crippen LogP contribution in [0, 0.1) is 13.8 Å². The molecule has 1 aliphatic heterocycles. The normalized spacial score (nSPS) is 14.4. The van der Waals surface area contributed by atoms with Crippen molar-refractivity contribution in [3.63, 3.8) is 0 Å². The van der Waals surface area contributed by atoms with Crippen LogP contribution in [0.3, 0.4) is 0 Å². The standard InChI is InChI=1S/C20H26N4O/c1-15-7-6-8-17(11-15)13-19(25)21-14-18-12-16(2)22-20(23-18)24-9-4-3-5-10-24/h6-8,11-12H,3-5,9-10,13-14H2,1-2H3,(H,21,25). The zero-order valence-corrected chi connectivity index (χ0v) is 15.1. The van der Waals surface area contributed by atoms with Crippen LogP contribution in [0.25, 0.3) is 0 Å². The second-order valence-electron chi connectivity index (χ2n) is 6.79. The molecule has 1 aliphatic rings. The van der Waals surface area contributed by atoms with Crippen LogP contribution in [0.2, 0.25) is 0 Å². The fourth-order valence-electron chi connectivity index (χ4n) is 3.20. The highest BCUT2D eigenvalue weighted by Gasteiger charge is 2.15. The third-order valence-electron chi connectivity index (χ3n) is 4.45. The first kappa shape index (κ1) is 17.4. The first-order chi connectivity index (χ1) is 12.1. The Kier molecular flexibility index (Phi) is 5.64. The van der Waals surface area contributed by atoms with E-state index in [1.54, 1.807) is 0 Å². The van der Waals surface area contributed by atoms with Crippen LogP contribution in [0.4, 0.5) is 5.95 Å². The number of benzene rings is 1. The molecule has 5 nitrogen and oxygen atoms in total. The van der Waals surface area contributed by atoms with E-state index in [1.807, 2.05) is 44.2 Å². The summed E-state index contributed by atoms with van der Waals surface area (Å²) in [5, 5.41) is 2.98. The number of aryl methyl sites for hydroxylation is 2. The maximum Gasteiger partial charge on any atom is 0.225 e. The smallest absolute Gasteiger partial charge is 0.225 e. The first-order valence-corrected chi connectivity index (χ1v) is 9.02. The number of carbonyl (C=O) groups is 1. The number of nitrogens with zero attached hydrogens (tertiary/aromatic N) is 3. The molecule has 0 aliphatic carbocycles. The summed E-state index contributed by atoms with van der Waals surface area (Å²) in [6.45, 7) is 6.49. The highest BCUT2D eigenvalue weighted by molar-refractivity contribution is 5.78. The molecular formula is C20H26N4O. The lowest BCUT2D eigenvalue weighted by Gasteiger charge is -2.27. The van der Waals surface area contributed by atoms with Gasteiger partial charge < -0.3 is 10.2 Å². The van der Waals surface area contributed by atoms with Gasteiger partial charge in [0, 0.05) is 18.8 Å². The molecule has 2 heterocycles. The van der Waals surface area contributed by atoms with E-state index in [0.29, 0.717) is 13.0 Å². The Morgan fingerprint density at radius 3 is 2.68 bits per heavy atom. The Morgan fingerprint density at radius 1 is 1.12 bits per heavy atom. The summed E-state index contributed by atoms with van der Waals surface area (Å²) in [6, 6.07) is 9.99. The molecule has 0 unspecified atom stereocenters. The molecule has 5 heteroatoms. The van der Waals surface area contributed by atoms with Gasteiger partial charge in [-0.15, -0.1) is 0 Å². The van der Waals surface area contributed by atoms with E-state index in [2.05, 4.69) is 20.2 Å². The number of amides is 1. The maximum absolute atomic E-state index is 12.2. The summed E-state index contributed by atoms with van der Waals surface area (Å²) in [6.07, 6.45) is 4.06. The molecule has 1 saturated heterocycles. The van der Waals surface area contributed by atoms with Gasteiger partial charge in [-0.25, -0.2) is 9.97 Å². The molecule has 0 bridgehead atoms. The zero-order valence-electron chi connectivity index (χ0n) is 15.1. The number of anilines is 1. The number of aromatic nitrogens is 2. The quantitative estimate of drug-likeness (QED) is 0.911. The maximum atomic E-state index is 12.2. The Balaban J connectivity index is 1.60. The number of nitrogens with one attached hydrogen (secondary N) is 1. The number of carbonyl (C=O) groups excluding carboxylic acids is 1. The van der Waals surface area contributed by atoms with Gasteiger partial charge in [0.25, 0.3) is 0 Å². The second-order valence-corrected chi connectivity index (χ2v) is 6.79. The molecule has 1 aromatic carbocycles. The van der Waals surface area contributed by atoms with Crippen molar-refractivity contribution in [2.24, 2.45) is 0 Å². The summed E-state index contributed by atoms with van der Waals surface area (Å²) >= 11 is 0. The third kappa shape index (κ3) is 5.02. The summed E-state index contributed by atoms with van der Waals surface area (Å²) in [5.41, 5.74) is 4.01. The highest BCUT2D eigenvalue weighted by Crippen LogP contribution is 2.16. The predicted molar refractivity (Wildman–Crippen MR) is 99.6 cm³/mol. The van der Waals surface area contributed by atoms with E-state index in [0.717, 1.165) is 36.0 Å². The van der Waals surface area contributed by atoms with Gasteiger partial charge in [-0.2, -0.15) is 0 Å². The average molecular weight is 338 g/mol. The SMILES string of the molecule is Cc1cccc(CC(=O)NCc2cc(C)nc(N3CCCCC3)n2)c1. The molecule has 1 N–H and O–H groups in total. The molecule has 1 aromatic heterocycles.